The first-order valence-corrected chi connectivity index (χ1v) is 8.91. The van der Waals surface area contributed by atoms with E-state index in [0.29, 0.717) is 19.4 Å². The Balaban J connectivity index is 2.32. The number of alkyl halides is 6. The number of non-ortho nitro benzene ring substituents is 1. The number of nitrogens with zero attached hydrogens (tertiary/aromatic N) is 4. The van der Waals surface area contributed by atoms with Crippen molar-refractivity contribution in [2.45, 2.75) is 31.3 Å². The molecule has 32 heavy (non-hydrogen) atoms. The molecule has 1 aromatic heterocycles. The zero-order chi connectivity index (χ0) is 23.9. The maximum atomic E-state index is 12.8. The van der Waals surface area contributed by atoms with E-state index in [9.17, 15) is 36.5 Å². The lowest BCUT2D eigenvalue weighted by molar-refractivity contribution is -0.384. The number of unbranched alkanes of at least 4 members (excludes halogenated alkanes) is 1. The molecule has 0 aliphatic carbocycles. The number of nitro benzene ring substituents is 1. The monoisotopic (exact) mass is 469 g/mol. The van der Waals surface area contributed by atoms with Gasteiger partial charge in [-0.2, -0.15) is 41.3 Å². The van der Waals surface area contributed by atoms with Gasteiger partial charge < -0.3 is 21.1 Å². The first kappa shape index (κ1) is 24.8. The number of nitrogens with one attached hydrogen (secondary N) is 2. The summed E-state index contributed by atoms with van der Waals surface area (Å²) in [4.78, 5) is 20.8. The van der Waals surface area contributed by atoms with Gasteiger partial charge in [-0.1, -0.05) is 0 Å². The van der Waals surface area contributed by atoms with Crippen LogP contribution in [0.15, 0.2) is 24.3 Å². The molecular weight excluding hydrogens is 452 g/mol. The highest BCUT2D eigenvalue weighted by atomic mass is 19.4. The standard InChI is InChI=1S/C16H17F6N7O3/c17-15(18,19)11(16(20,21)22)32-14-27-12(24-8-2-1-7-23)26-13(28-14)25-9-3-5-10(6-4-9)29(30)31/h3-6,11H,1-2,7-8,23H2,(H2,24,25,26,27,28). The molecule has 16 heteroatoms. The lowest BCUT2D eigenvalue weighted by Gasteiger charge is -2.23. The molecule has 0 atom stereocenters. The minimum atomic E-state index is -5.77. The molecule has 0 saturated carbocycles. The molecule has 0 radical (unpaired) electrons. The van der Waals surface area contributed by atoms with Crippen LogP contribution in [0.2, 0.25) is 0 Å². The van der Waals surface area contributed by atoms with Gasteiger partial charge >= 0.3 is 18.4 Å². The van der Waals surface area contributed by atoms with Crippen LogP contribution in [0, 0.1) is 10.1 Å². The summed E-state index contributed by atoms with van der Waals surface area (Å²) in [5.74, 6) is -0.798. The summed E-state index contributed by atoms with van der Waals surface area (Å²) in [6.07, 6.45) is -14.6. The second kappa shape index (κ2) is 10.3. The van der Waals surface area contributed by atoms with Crippen molar-refractivity contribution in [3.05, 3.63) is 34.4 Å². The van der Waals surface area contributed by atoms with Crippen molar-refractivity contribution < 1.29 is 36.0 Å². The third-order valence-corrected chi connectivity index (χ3v) is 3.68. The van der Waals surface area contributed by atoms with E-state index < -0.39 is 35.3 Å². The van der Waals surface area contributed by atoms with Crippen molar-refractivity contribution in [2.75, 3.05) is 23.7 Å². The molecule has 2 aromatic rings. The second-order valence-corrected chi connectivity index (χ2v) is 6.20. The van der Waals surface area contributed by atoms with Crippen molar-refractivity contribution in [1.82, 2.24) is 15.0 Å². The van der Waals surface area contributed by atoms with Gasteiger partial charge in [0.1, 0.15) is 0 Å². The number of ether oxygens (including phenoxy) is 1. The van der Waals surface area contributed by atoms with E-state index >= 15 is 0 Å². The van der Waals surface area contributed by atoms with Crippen LogP contribution in [0.25, 0.3) is 0 Å². The van der Waals surface area contributed by atoms with Gasteiger partial charge in [-0.25, -0.2) is 0 Å². The van der Waals surface area contributed by atoms with Gasteiger partial charge in [-0.05, 0) is 31.5 Å². The fraction of sp³-hybridized carbons (Fsp3) is 0.438. The number of rotatable bonds is 10. The van der Waals surface area contributed by atoms with Crippen molar-refractivity contribution >= 4 is 23.3 Å². The Morgan fingerprint density at radius 1 is 1.00 bits per heavy atom. The Hall–Kier alpha value is -3.43. The Kier molecular flexibility index (Phi) is 7.96. The van der Waals surface area contributed by atoms with E-state index in [4.69, 9.17) is 5.73 Å². The highest BCUT2D eigenvalue weighted by molar-refractivity contribution is 5.56. The Morgan fingerprint density at radius 3 is 2.12 bits per heavy atom. The van der Waals surface area contributed by atoms with Crippen LogP contribution in [-0.2, 0) is 0 Å². The summed E-state index contributed by atoms with van der Waals surface area (Å²) < 4.78 is 81.0. The zero-order valence-electron chi connectivity index (χ0n) is 16.1. The Bertz CT molecular complexity index is 894. The predicted octanol–water partition coefficient (Wildman–Crippen LogP) is 3.55. The molecule has 0 spiro atoms. The number of halogens is 6. The number of nitrogens with two attached hydrogens (primary N) is 1. The van der Waals surface area contributed by atoms with E-state index in [-0.39, 0.29) is 23.9 Å². The molecule has 0 unspecified atom stereocenters. The smallest absolute Gasteiger partial charge is 0.434 e. The topological polar surface area (TPSA) is 141 Å². The number of anilines is 3. The average Bonchev–Trinajstić information content (AvgIpc) is 2.68. The molecule has 10 nitrogen and oxygen atoms in total. The summed E-state index contributed by atoms with van der Waals surface area (Å²) in [5.41, 5.74) is 5.28. The highest BCUT2D eigenvalue weighted by Crippen LogP contribution is 2.36. The quantitative estimate of drug-likeness (QED) is 0.206. The largest absolute Gasteiger partial charge is 0.440 e. The van der Waals surface area contributed by atoms with E-state index in [2.05, 4.69) is 30.3 Å². The summed E-state index contributed by atoms with van der Waals surface area (Å²) in [7, 11) is 0. The van der Waals surface area contributed by atoms with E-state index in [0.717, 1.165) is 12.1 Å². The van der Waals surface area contributed by atoms with Crippen molar-refractivity contribution in [2.24, 2.45) is 5.73 Å². The molecule has 0 aliphatic rings. The molecule has 2 rings (SSSR count). The maximum Gasteiger partial charge on any atom is 0.434 e. The van der Waals surface area contributed by atoms with Crippen molar-refractivity contribution in [3.8, 4) is 6.01 Å². The molecule has 0 amide bonds. The van der Waals surface area contributed by atoms with E-state index in [1.54, 1.807) is 0 Å². The minimum Gasteiger partial charge on any atom is -0.440 e. The number of benzene rings is 1. The fourth-order valence-corrected chi connectivity index (χ4v) is 2.23. The second-order valence-electron chi connectivity index (χ2n) is 6.20. The van der Waals surface area contributed by atoms with Crippen LogP contribution in [0.1, 0.15) is 12.8 Å². The minimum absolute atomic E-state index is 0.171. The SMILES string of the molecule is NCCCCNc1nc(Nc2ccc([N+](=O)[O-])cc2)nc(OC(C(F)(F)F)C(F)(F)F)n1. The zero-order valence-corrected chi connectivity index (χ0v) is 16.1. The van der Waals surface area contributed by atoms with Crippen LogP contribution in [0.5, 0.6) is 6.01 Å². The summed E-state index contributed by atoms with van der Waals surface area (Å²) in [5, 5.41) is 15.9. The van der Waals surface area contributed by atoms with Crippen LogP contribution in [-0.4, -0.2) is 51.4 Å². The van der Waals surface area contributed by atoms with Crippen molar-refractivity contribution in [1.29, 1.82) is 0 Å². The highest BCUT2D eigenvalue weighted by Gasteiger charge is 2.59. The molecule has 0 fully saturated rings. The van der Waals surface area contributed by atoms with Gasteiger partial charge in [0.05, 0.1) is 4.92 Å². The van der Waals surface area contributed by atoms with Gasteiger partial charge in [0, 0.05) is 24.4 Å². The first-order valence-electron chi connectivity index (χ1n) is 8.91. The third kappa shape index (κ3) is 7.36. The lowest BCUT2D eigenvalue weighted by atomic mass is 10.3. The lowest BCUT2D eigenvalue weighted by Crippen LogP contribution is -2.47. The van der Waals surface area contributed by atoms with Crippen LogP contribution >= 0.6 is 0 Å². The molecular formula is C16H17F6N7O3. The fourth-order valence-electron chi connectivity index (χ4n) is 2.23. The van der Waals surface area contributed by atoms with E-state index in [1.165, 1.54) is 12.1 Å². The molecule has 0 saturated heterocycles. The Morgan fingerprint density at radius 2 is 1.59 bits per heavy atom. The van der Waals surface area contributed by atoms with Gasteiger partial charge in [0.2, 0.25) is 11.9 Å². The van der Waals surface area contributed by atoms with Crippen LogP contribution in [0.3, 0.4) is 0 Å². The van der Waals surface area contributed by atoms with Gasteiger partial charge in [0.15, 0.2) is 0 Å². The van der Waals surface area contributed by atoms with E-state index in [1.807, 2.05) is 0 Å². The molecule has 0 aliphatic heterocycles. The molecule has 4 N–H and O–H groups in total. The number of aromatic nitrogens is 3. The Labute approximate surface area is 176 Å². The van der Waals surface area contributed by atoms with Crippen molar-refractivity contribution in [3.63, 3.8) is 0 Å². The first-order chi connectivity index (χ1) is 14.9. The number of nitro groups is 1. The summed E-state index contributed by atoms with van der Waals surface area (Å²) in [6.45, 7) is 0.596. The number of hydrogen-bond donors (Lipinski definition) is 3. The summed E-state index contributed by atoms with van der Waals surface area (Å²) >= 11 is 0. The van der Waals surface area contributed by atoms with Gasteiger partial charge in [-0.3, -0.25) is 10.1 Å². The predicted molar refractivity (Wildman–Crippen MR) is 99.5 cm³/mol. The molecule has 176 valence electrons. The average molecular weight is 469 g/mol. The van der Waals surface area contributed by atoms with Gasteiger partial charge in [-0.15, -0.1) is 0 Å². The molecule has 1 heterocycles. The third-order valence-electron chi connectivity index (χ3n) is 3.68. The normalized spacial score (nSPS) is 12.0. The van der Waals surface area contributed by atoms with Crippen LogP contribution < -0.4 is 21.1 Å². The maximum absolute atomic E-state index is 12.8. The number of hydrogen-bond acceptors (Lipinski definition) is 9. The van der Waals surface area contributed by atoms with Gasteiger partial charge in [0.25, 0.3) is 11.8 Å². The van der Waals surface area contributed by atoms with Crippen LogP contribution in [0.4, 0.5) is 49.6 Å². The molecule has 0 bridgehead atoms. The summed E-state index contributed by atoms with van der Waals surface area (Å²) in [6, 6.07) is 3.49. The molecule has 1 aromatic carbocycles.